The third-order valence-corrected chi connectivity index (χ3v) is 7.94. The fourth-order valence-electron chi connectivity index (χ4n) is 5.31. The third kappa shape index (κ3) is 31.5. The maximum atomic E-state index is 12.1. The summed E-state index contributed by atoms with van der Waals surface area (Å²) >= 11 is 0. The Hall–Kier alpha value is -0.900. The molecular formula is C35H68O4. The van der Waals surface area contributed by atoms with Gasteiger partial charge in [-0.15, -0.1) is 0 Å². The third-order valence-electron chi connectivity index (χ3n) is 7.94. The fourth-order valence-corrected chi connectivity index (χ4v) is 5.31. The first kappa shape index (κ1) is 38.1. The van der Waals surface area contributed by atoms with E-state index in [9.17, 15) is 14.7 Å². The SMILES string of the molecule is CCCCCCCCCCCCCCCC(=O)CC(O)COC(=O)CCCCCCCCCCCCCCC. The first-order valence-electron chi connectivity index (χ1n) is 17.5. The molecule has 0 saturated heterocycles. The number of carbonyl (C=O) groups excluding carboxylic acids is 2. The lowest BCUT2D eigenvalue weighted by atomic mass is 10.0. The average molecular weight is 553 g/mol. The minimum Gasteiger partial charge on any atom is -0.463 e. The van der Waals surface area contributed by atoms with Crippen LogP contribution in [0.4, 0.5) is 0 Å². The molecule has 4 nitrogen and oxygen atoms in total. The molecule has 0 aliphatic rings. The van der Waals surface area contributed by atoms with Crippen LogP contribution in [0.5, 0.6) is 0 Å². The van der Waals surface area contributed by atoms with E-state index in [-0.39, 0.29) is 24.8 Å². The zero-order valence-electron chi connectivity index (χ0n) is 26.5. The number of hydrogen-bond donors (Lipinski definition) is 1. The van der Waals surface area contributed by atoms with Gasteiger partial charge in [0.2, 0.25) is 0 Å². The van der Waals surface area contributed by atoms with Gasteiger partial charge in [-0.05, 0) is 12.8 Å². The normalized spacial score (nSPS) is 12.1. The predicted molar refractivity (Wildman–Crippen MR) is 167 cm³/mol. The lowest BCUT2D eigenvalue weighted by Crippen LogP contribution is -2.21. The summed E-state index contributed by atoms with van der Waals surface area (Å²) < 4.78 is 5.19. The Morgan fingerprint density at radius 3 is 1.15 bits per heavy atom. The van der Waals surface area contributed by atoms with E-state index >= 15 is 0 Å². The van der Waals surface area contributed by atoms with Crippen LogP contribution in [0.15, 0.2) is 0 Å². The van der Waals surface area contributed by atoms with Gasteiger partial charge in [0.05, 0.1) is 6.10 Å². The number of unbranched alkanes of at least 4 members (excludes halogenated alkanes) is 24. The molecular weight excluding hydrogens is 484 g/mol. The van der Waals surface area contributed by atoms with Crippen LogP contribution in [0.1, 0.15) is 200 Å². The highest BCUT2D eigenvalue weighted by Gasteiger charge is 2.13. The maximum Gasteiger partial charge on any atom is 0.305 e. The summed E-state index contributed by atoms with van der Waals surface area (Å²) in [6.45, 7) is 4.47. The molecule has 0 aromatic carbocycles. The molecule has 0 fully saturated rings. The van der Waals surface area contributed by atoms with Crippen molar-refractivity contribution in [2.75, 3.05) is 6.61 Å². The van der Waals surface area contributed by atoms with Crippen molar-refractivity contribution in [2.45, 2.75) is 206 Å². The molecule has 0 radical (unpaired) electrons. The van der Waals surface area contributed by atoms with Gasteiger partial charge in [-0.2, -0.15) is 0 Å². The summed E-state index contributed by atoms with van der Waals surface area (Å²) in [5.41, 5.74) is 0. The summed E-state index contributed by atoms with van der Waals surface area (Å²) in [6.07, 6.45) is 33.6. The summed E-state index contributed by atoms with van der Waals surface area (Å²) in [5.74, 6) is -0.167. The lowest BCUT2D eigenvalue weighted by Gasteiger charge is -2.11. The Morgan fingerprint density at radius 1 is 0.487 bits per heavy atom. The molecule has 1 atom stereocenters. The molecule has 0 amide bonds. The first-order valence-corrected chi connectivity index (χ1v) is 17.5. The van der Waals surface area contributed by atoms with Crippen LogP contribution < -0.4 is 0 Å². The minimum atomic E-state index is -0.866. The van der Waals surface area contributed by atoms with Crippen molar-refractivity contribution in [1.82, 2.24) is 0 Å². The molecule has 1 N–H and O–H groups in total. The number of rotatable bonds is 32. The first-order chi connectivity index (χ1) is 19.1. The zero-order valence-corrected chi connectivity index (χ0v) is 26.5. The molecule has 0 aromatic heterocycles. The maximum absolute atomic E-state index is 12.1. The Morgan fingerprint density at radius 2 is 0.795 bits per heavy atom. The number of hydrogen-bond acceptors (Lipinski definition) is 4. The Balaban J connectivity index is 3.40. The van der Waals surface area contributed by atoms with Gasteiger partial charge >= 0.3 is 5.97 Å². The zero-order chi connectivity index (χ0) is 28.7. The van der Waals surface area contributed by atoms with Crippen LogP contribution in [0, 0.1) is 0 Å². The number of ether oxygens (including phenoxy) is 1. The van der Waals surface area contributed by atoms with Gasteiger partial charge in [-0.3, -0.25) is 9.59 Å². The molecule has 0 spiro atoms. The van der Waals surface area contributed by atoms with E-state index in [0.717, 1.165) is 25.7 Å². The highest BCUT2D eigenvalue weighted by atomic mass is 16.5. The molecule has 1 unspecified atom stereocenters. The molecule has 232 valence electrons. The van der Waals surface area contributed by atoms with Gasteiger partial charge in [0, 0.05) is 19.3 Å². The lowest BCUT2D eigenvalue weighted by molar-refractivity contribution is -0.147. The van der Waals surface area contributed by atoms with E-state index in [0.29, 0.717) is 12.8 Å². The summed E-state index contributed by atoms with van der Waals surface area (Å²) in [4.78, 5) is 24.0. The van der Waals surface area contributed by atoms with Gasteiger partial charge in [-0.1, -0.05) is 168 Å². The van der Waals surface area contributed by atoms with Crippen molar-refractivity contribution in [3.63, 3.8) is 0 Å². The summed E-state index contributed by atoms with van der Waals surface area (Å²) in [6, 6.07) is 0. The van der Waals surface area contributed by atoms with Gasteiger partial charge < -0.3 is 9.84 Å². The summed E-state index contributed by atoms with van der Waals surface area (Å²) in [7, 11) is 0. The van der Waals surface area contributed by atoms with Crippen LogP contribution in [0.25, 0.3) is 0 Å². The van der Waals surface area contributed by atoms with E-state index in [4.69, 9.17) is 4.74 Å². The quantitative estimate of drug-likeness (QED) is 0.0666. The van der Waals surface area contributed by atoms with E-state index in [2.05, 4.69) is 13.8 Å². The van der Waals surface area contributed by atoms with E-state index < -0.39 is 6.10 Å². The minimum absolute atomic E-state index is 0.0539. The largest absolute Gasteiger partial charge is 0.463 e. The van der Waals surface area contributed by atoms with Gasteiger partial charge in [0.1, 0.15) is 12.4 Å². The Bertz CT molecular complexity index is 519. The van der Waals surface area contributed by atoms with Gasteiger partial charge in [-0.25, -0.2) is 0 Å². The Labute approximate surface area is 243 Å². The number of ketones is 1. The number of aliphatic hydroxyl groups excluding tert-OH is 1. The second kappa shape index (κ2) is 31.6. The molecule has 0 heterocycles. The highest BCUT2D eigenvalue weighted by molar-refractivity contribution is 5.78. The predicted octanol–water partition coefficient (Wildman–Crippen LogP) is 10.8. The number of aliphatic hydroxyl groups is 1. The van der Waals surface area contributed by atoms with Crippen molar-refractivity contribution in [2.24, 2.45) is 0 Å². The van der Waals surface area contributed by atoms with Crippen molar-refractivity contribution >= 4 is 11.8 Å². The second-order valence-electron chi connectivity index (χ2n) is 12.1. The van der Waals surface area contributed by atoms with Crippen LogP contribution >= 0.6 is 0 Å². The molecule has 0 rings (SSSR count). The summed E-state index contributed by atoms with van der Waals surface area (Å²) in [5, 5.41) is 10.1. The van der Waals surface area contributed by atoms with Crippen LogP contribution in [0.3, 0.4) is 0 Å². The Kier molecular flexibility index (Phi) is 30.9. The van der Waals surface area contributed by atoms with Crippen molar-refractivity contribution in [3.8, 4) is 0 Å². The van der Waals surface area contributed by atoms with Crippen LogP contribution in [-0.2, 0) is 14.3 Å². The van der Waals surface area contributed by atoms with Crippen molar-refractivity contribution in [3.05, 3.63) is 0 Å². The molecule has 4 heteroatoms. The number of carbonyl (C=O) groups is 2. The monoisotopic (exact) mass is 553 g/mol. The fraction of sp³-hybridized carbons (Fsp3) is 0.943. The van der Waals surface area contributed by atoms with Crippen molar-refractivity contribution < 1.29 is 19.4 Å². The molecule has 0 aliphatic carbocycles. The van der Waals surface area contributed by atoms with Gasteiger partial charge in [0.25, 0.3) is 0 Å². The molecule has 0 saturated carbocycles. The van der Waals surface area contributed by atoms with E-state index in [1.165, 1.54) is 141 Å². The molecule has 0 bridgehead atoms. The van der Waals surface area contributed by atoms with Crippen molar-refractivity contribution in [1.29, 1.82) is 0 Å². The topological polar surface area (TPSA) is 63.6 Å². The van der Waals surface area contributed by atoms with E-state index in [1.54, 1.807) is 0 Å². The van der Waals surface area contributed by atoms with Crippen LogP contribution in [0.2, 0.25) is 0 Å². The highest BCUT2D eigenvalue weighted by Crippen LogP contribution is 2.15. The smallest absolute Gasteiger partial charge is 0.305 e. The van der Waals surface area contributed by atoms with Gasteiger partial charge in [0.15, 0.2) is 0 Å². The molecule has 0 aromatic rings. The standard InChI is InChI=1S/C35H68O4/c1-3-5-7-9-11-13-15-17-19-21-23-25-27-29-33(36)31-34(37)32-39-35(38)30-28-26-24-22-20-18-16-14-12-10-8-6-4-2/h34,37H,3-32H2,1-2H3. The number of Topliss-reactive ketones (excluding diaryl/α,β-unsaturated/α-hetero) is 1. The van der Waals surface area contributed by atoms with Crippen LogP contribution in [-0.4, -0.2) is 29.6 Å². The molecule has 0 aliphatic heterocycles. The second-order valence-corrected chi connectivity index (χ2v) is 12.1. The molecule has 39 heavy (non-hydrogen) atoms. The van der Waals surface area contributed by atoms with E-state index in [1.807, 2.05) is 0 Å². The average Bonchev–Trinajstić information content (AvgIpc) is 2.92. The number of esters is 1.